The third-order valence-electron chi connectivity index (χ3n) is 4.03. The minimum atomic E-state index is 0.0324. The average Bonchev–Trinajstić information content (AvgIpc) is 2.82. The van der Waals surface area contributed by atoms with Gasteiger partial charge in [-0.2, -0.15) is 0 Å². The third kappa shape index (κ3) is 4.03. The van der Waals surface area contributed by atoms with Crippen molar-refractivity contribution in [2.24, 2.45) is 11.7 Å². The minimum absolute atomic E-state index is 0.0324. The van der Waals surface area contributed by atoms with E-state index in [2.05, 4.69) is 34.3 Å². The Morgan fingerprint density at radius 1 is 1.47 bits per heavy atom. The molecule has 1 heterocycles. The average molecular weight is 346 g/mol. The van der Waals surface area contributed by atoms with Crippen LogP contribution in [0.15, 0.2) is 15.9 Å². The molecule has 19 heavy (non-hydrogen) atoms. The molecule has 108 valence electrons. The highest BCUT2D eigenvalue weighted by atomic mass is 79.9. The number of rotatable bonds is 5. The largest absolute Gasteiger partial charge is 0.368 e. The van der Waals surface area contributed by atoms with E-state index < -0.39 is 0 Å². The Morgan fingerprint density at radius 3 is 2.79 bits per heavy atom. The molecule has 1 saturated carbocycles. The van der Waals surface area contributed by atoms with Crippen molar-refractivity contribution in [3.63, 3.8) is 0 Å². The van der Waals surface area contributed by atoms with Crippen molar-refractivity contribution in [3.05, 3.63) is 20.8 Å². The third-order valence-corrected chi connectivity index (χ3v) is 5.79. The summed E-state index contributed by atoms with van der Waals surface area (Å²) in [5.41, 5.74) is 6.15. The Hall–Kier alpha value is 0.1000. The van der Waals surface area contributed by atoms with Crippen LogP contribution < -0.4 is 5.73 Å². The van der Waals surface area contributed by atoms with Gasteiger partial charge in [0.25, 0.3) is 0 Å². The maximum absolute atomic E-state index is 6.42. The van der Waals surface area contributed by atoms with E-state index in [1.54, 1.807) is 11.3 Å². The summed E-state index contributed by atoms with van der Waals surface area (Å²) in [6.07, 6.45) is 6.77. The Kier molecular flexibility index (Phi) is 5.87. The highest BCUT2D eigenvalue weighted by Crippen LogP contribution is 2.36. The van der Waals surface area contributed by atoms with Gasteiger partial charge >= 0.3 is 0 Å². The molecular weight excluding hydrogens is 322 g/mol. The molecule has 2 N–H and O–H groups in total. The standard InChI is InChI=1S/C15H24BrNOS/c1-3-11-6-4-5-7-13(11)18-15(10(2)17)14-8-12(16)9-19-14/h8-11,13,15H,3-7,17H2,1-2H3. The number of ether oxygens (including phenoxy) is 1. The Balaban J connectivity index is 2.07. The zero-order valence-electron chi connectivity index (χ0n) is 11.8. The molecule has 4 atom stereocenters. The van der Waals surface area contributed by atoms with Gasteiger partial charge in [-0.1, -0.05) is 26.2 Å². The van der Waals surface area contributed by atoms with Crippen LogP contribution in [0.25, 0.3) is 0 Å². The van der Waals surface area contributed by atoms with E-state index in [4.69, 9.17) is 10.5 Å². The molecule has 0 bridgehead atoms. The van der Waals surface area contributed by atoms with Crippen molar-refractivity contribution in [1.82, 2.24) is 0 Å². The summed E-state index contributed by atoms with van der Waals surface area (Å²) in [6, 6.07) is 2.17. The summed E-state index contributed by atoms with van der Waals surface area (Å²) in [5, 5.41) is 2.10. The van der Waals surface area contributed by atoms with Crippen molar-refractivity contribution < 1.29 is 4.74 Å². The van der Waals surface area contributed by atoms with Crippen molar-refractivity contribution in [1.29, 1.82) is 0 Å². The summed E-state index contributed by atoms with van der Waals surface area (Å²) < 4.78 is 7.54. The Bertz CT molecular complexity index is 393. The maximum Gasteiger partial charge on any atom is 0.107 e. The molecule has 0 aromatic carbocycles. The predicted octanol–water partition coefficient (Wildman–Crippen LogP) is 4.88. The number of hydrogen-bond acceptors (Lipinski definition) is 3. The van der Waals surface area contributed by atoms with E-state index in [0.717, 1.165) is 4.47 Å². The Labute approximate surface area is 128 Å². The quantitative estimate of drug-likeness (QED) is 0.824. The molecule has 1 fully saturated rings. The molecule has 2 nitrogen and oxygen atoms in total. The van der Waals surface area contributed by atoms with Gasteiger partial charge in [-0.3, -0.25) is 0 Å². The van der Waals surface area contributed by atoms with Crippen LogP contribution in [-0.4, -0.2) is 12.1 Å². The van der Waals surface area contributed by atoms with Crippen molar-refractivity contribution in [2.45, 2.75) is 64.2 Å². The van der Waals surface area contributed by atoms with Gasteiger partial charge in [0.05, 0.1) is 6.10 Å². The molecule has 0 amide bonds. The molecule has 0 spiro atoms. The van der Waals surface area contributed by atoms with Crippen LogP contribution in [-0.2, 0) is 4.74 Å². The lowest BCUT2D eigenvalue weighted by Gasteiger charge is -2.34. The number of nitrogens with two attached hydrogens (primary N) is 1. The van der Waals surface area contributed by atoms with Crippen LogP contribution >= 0.6 is 27.3 Å². The van der Waals surface area contributed by atoms with E-state index in [-0.39, 0.29) is 12.1 Å². The zero-order valence-corrected chi connectivity index (χ0v) is 14.2. The van der Waals surface area contributed by atoms with Crippen LogP contribution in [0, 0.1) is 5.92 Å². The summed E-state index contributed by atoms with van der Waals surface area (Å²) in [7, 11) is 0. The fourth-order valence-electron chi connectivity index (χ4n) is 2.94. The van der Waals surface area contributed by atoms with Gasteiger partial charge in [-0.25, -0.2) is 0 Å². The topological polar surface area (TPSA) is 35.2 Å². The summed E-state index contributed by atoms with van der Waals surface area (Å²) >= 11 is 5.25. The van der Waals surface area contributed by atoms with Crippen LogP contribution in [0.5, 0.6) is 0 Å². The van der Waals surface area contributed by atoms with Gasteiger partial charge in [-0.15, -0.1) is 11.3 Å². The number of halogens is 1. The summed E-state index contributed by atoms with van der Waals surface area (Å²) in [5.74, 6) is 0.707. The first-order valence-corrected chi connectivity index (χ1v) is 8.94. The molecular formula is C15H24BrNOS. The molecule has 1 aliphatic rings. The maximum atomic E-state index is 6.42. The first-order valence-electron chi connectivity index (χ1n) is 7.26. The van der Waals surface area contributed by atoms with Gasteiger partial charge in [0, 0.05) is 20.8 Å². The number of hydrogen-bond donors (Lipinski definition) is 1. The summed E-state index contributed by atoms with van der Waals surface area (Å²) in [4.78, 5) is 1.24. The second-order valence-electron chi connectivity index (χ2n) is 5.57. The van der Waals surface area contributed by atoms with Crippen molar-refractivity contribution >= 4 is 27.3 Å². The number of thiophene rings is 1. The molecule has 1 aromatic heterocycles. The van der Waals surface area contributed by atoms with Crippen LogP contribution in [0.4, 0.5) is 0 Å². The van der Waals surface area contributed by atoms with Gasteiger partial charge in [0.1, 0.15) is 6.10 Å². The predicted molar refractivity (Wildman–Crippen MR) is 85.5 cm³/mol. The molecule has 1 aromatic rings. The van der Waals surface area contributed by atoms with Crippen molar-refractivity contribution in [3.8, 4) is 0 Å². The minimum Gasteiger partial charge on any atom is -0.368 e. The molecule has 0 saturated heterocycles. The first-order chi connectivity index (χ1) is 9.11. The molecule has 0 radical (unpaired) electrons. The van der Waals surface area contributed by atoms with E-state index >= 15 is 0 Å². The van der Waals surface area contributed by atoms with Gasteiger partial charge in [0.15, 0.2) is 0 Å². The SMILES string of the molecule is CCC1CCCCC1OC(c1cc(Br)cs1)C(C)N. The lowest BCUT2D eigenvalue weighted by molar-refractivity contribution is -0.0686. The smallest absolute Gasteiger partial charge is 0.107 e. The lowest BCUT2D eigenvalue weighted by atomic mass is 9.84. The van der Waals surface area contributed by atoms with E-state index in [9.17, 15) is 0 Å². The van der Waals surface area contributed by atoms with Crippen LogP contribution in [0.2, 0.25) is 0 Å². The molecule has 4 unspecified atom stereocenters. The zero-order chi connectivity index (χ0) is 13.8. The fourth-order valence-corrected chi connectivity index (χ4v) is 4.53. The molecule has 4 heteroatoms. The monoisotopic (exact) mass is 345 g/mol. The summed E-state index contributed by atoms with van der Waals surface area (Å²) in [6.45, 7) is 4.32. The van der Waals surface area contributed by atoms with E-state index in [1.165, 1.54) is 37.0 Å². The lowest BCUT2D eigenvalue weighted by Crippen LogP contribution is -2.34. The highest BCUT2D eigenvalue weighted by molar-refractivity contribution is 9.10. The highest BCUT2D eigenvalue weighted by Gasteiger charge is 2.29. The first kappa shape index (κ1) is 15.5. The fraction of sp³-hybridized carbons (Fsp3) is 0.733. The van der Waals surface area contributed by atoms with Crippen LogP contribution in [0.1, 0.15) is 56.9 Å². The normalized spacial score (nSPS) is 27.2. The van der Waals surface area contributed by atoms with E-state index in [1.807, 2.05) is 6.92 Å². The molecule has 1 aliphatic carbocycles. The Morgan fingerprint density at radius 2 is 2.21 bits per heavy atom. The van der Waals surface area contributed by atoms with Gasteiger partial charge < -0.3 is 10.5 Å². The molecule has 0 aliphatic heterocycles. The van der Waals surface area contributed by atoms with Gasteiger partial charge in [-0.05, 0) is 47.7 Å². The van der Waals surface area contributed by atoms with Gasteiger partial charge in [0.2, 0.25) is 0 Å². The second kappa shape index (κ2) is 7.21. The molecule has 2 rings (SSSR count). The second-order valence-corrected chi connectivity index (χ2v) is 7.43. The van der Waals surface area contributed by atoms with Crippen molar-refractivity contribution in [2.75, 3.05) is 0 Å². The van der Waals surface area contributed by atoms with Crippen LogP contribution in [0.3, 0.4) is 0 Å². The van der Waals surface area contributed by atoms with E-state index in [0.29, 0.717) is 12.0 Å².